The zero-order chi connectivity index (χ0) is 22.7. The molecule has 1 saturated heterocycles. The first-order valence-electron chi connectivity index (χ1n) is 10.8. The van der Waals surface area contributed by atoms with Crippen LogP contribution in [0.4, 0.5) is 5.69 Å². The fraction of sp³-hybridized carbons (Fsp3) is 0.333. The maximum atomic E-state index is 12.8. The van der Waals surface area contributed by atoms with E-state index in [0.717, 1.165) is 48.0 Å². The molecule has 1 aliphatic heterocycles. The summed E-state index contributed by atoms with van der Waals surface area (Å²) in [6.07, 6.45) is 3.14. The third-order valence-electron chi connectivity index (χ3n) is 5.73. The Morgan fingerprint density at radius 1 is 1.03 bits per heavy atom. The van der Waals surface area contributed by atoms with Gasteiger partial charge in [-0.1, -0.05) is 24.3 Å². The van der Waals surface area contributed by atoms with Crippen LogP contribution in [0.5, 0.6) is 0 Å². The molecule has 0 aliphatic carbocycles. The van der Waals surface area contributed by atoms with E-state index in [-0.39, 0.29) is 17.7 Å². The smallest absolute Gasteiger partial charge is 0.276 e. The van der Waals surface area contributed by atoms with Gasteiger partial charge in [-0.3, -0.25) is 14.4 Å². The summed E-state index contributed by atoms with van der Waals surface area (Å²) in [7, 11) is 0. The van der Waals surface area contributed by atoms with E-state index < -0.39 is 6.04 Å². The summed E-state index contributed by atoms with van der Waals surface area (Å²) >= 11 is 1.28. The van der Waals surface area contributed by atoms with E-state index in [4.69, 9.17) is 0 Å². The molecular weight excluding hydrogens is 424 g/mol. The number of anilines is 1. The first kappa shape index (κ1) is 22.0. The highest BCUT2D eigenvalue weighted by atomic mass is 32.1. The van der Waals surface area contributed by atoms with Gasteiger partial charge in [0.2, 0.25) is 5.91 Å². The molecule has 32 heavy (non-hydrogen) atoms. The van der Waals surface area contributed by atoms with Crippen LogP contribution in [0.25, 0.3) is 10.1 Å². The number of piperidine rings is 1. The lowest BCUT2D eigenvalue weighted by Gasteiger charge is -2.29. The number of hydrogen-bond acceptors (Lipinski definition) is 5. The molecule has 2 N–H and O–H groups in total. The Morgan fingerprint density at radius 2 is 1.78 bits per heavy atom. The van der Waals surface area contributed by atoms with Crippen LogP contribution in [0.15, 0.2) is 42.5 Å². The average Bonchev–Trinajstić information content (AvgIpc) is 3.25. The van der Waals surface area contributed by atoms with Gasteiger partial charge in [0, 0.05) is 29.7 Å². The van der Waals surface area contributed by atoms with Crippen LogP contribution in [0.2, 0.25) is 0 Å². The molecule has 2 aromatic carbocycles. The highest BCUT2D eigenvalue weighted by Crippen LogP contribution is 2.24. The Morgan fingerprint density at radius 3 is 2.56 bits per heavy atom. The minimum absolute atomic E-state index is 0.0610. The molecule has 1 aromatic heterocycles. The van der Waals surface area contributed by atoms with Crippen LogP contribution >= 0.6 is 11.5 Å². The first-order valence-corrected chi connectivity index (χ1v) is 11.6. The van der Waals surface area contributed by atoms with E-state index in [9.17, 15) is 14.4 Å². The monoisotopic (exact) mass is 450 g/mol. The van der Waals surface area contributed by atoms with E-state index in [1.807, 2.05) is 36.1 Å². The van der Waals surface area contributed by atoms with Crippen molar-refractivity contribution in [2.24, 2.45) is 0 Å². The molecule has 4 rings (SSSR count). The second-order valence-electron chi connectivity index (χ2n) is 8.09. The number of carbonyl (C=O) groups is 3. The fourth-order valence-electron chi connectivity index (χ4n) is 3.86. The highest BCUT2D eigenvalue weighted by molar-refractivity contribution is 7.13. The van der Waals surface area contributed by atoms with Crippen LogP contribution < -0.4 is 10.6 Å². The summed E-state index contributed by atoms with van der Waals surface area (Å²) in [6.45, 7) is 5.05. The van der Waals surface area contributed by atoms with Crippen LogP contribution in [-0.4, -0.2) is 46.1 Å². The van der Waals surface area contributed by atoms with E-state index in [2.05, 4.69) is 15.0 Å². The Hall–Kier alpha value is -3.26. The Kier molecular flexibility index (Phi) is 6.50. The predicted molar refractivity (Wildman–Crippen MR) is 126 cm³/mol. The van der Waals surface area contributed by atoms with Crippen molar-refractivity contribution < 1.29 is 14.4 Å². The number of amides is 3. The van der Waals surface area contributed by atoms with Gasteiger partial charge in [0.05, 0.1) is 4.70 Å². The zero-order valence-corrected chi connectivity index (χ0v) is 19.0. The van der Waals surface area contributed by atoms with Gasteiger partial charge >= 0.3 is 0 Å². The number of fused-ring (bicyclic) bond motifs is 1. The summed E-state index contributed by atoms with van der Waals surface area (Å²) in [5, 5.41) is 6.47. The van der Waals surface area contributed by atoms with Gasteiger partial charge in [0.15, 0.2) is 0 Å². The van der Waals surface area contributed by atoms with E-state index in [0.29, 0.717) is 16.9 Å². The molecule has 0 spiro atoms. The summed E-state index contributed by atoms with van der Waals surface area (Å²) in [4.78, 5) is 40.1. The number of benzene rings is 2. The molecular formula is C24H26N4O3S. The lowest BCUT2D eigenvalue weighted by molar-refractivity contribution is -0.133. The summed E-state index contributed by atoms with van der Waals surface area (Å²) < 4.78 is 5.23. The molecule has 1 atom stereocenters. The van der Waals surface area contributed by atoms with Gasteiger partial charge in [0.1, 0.15) is 11.7 Å². The number of aryl methyl sites for hydroxylation is 1. The highest BCUT2D eigenvalue weighted by Gasteiger charge is 2.24. The van der Waals surface area contributed by atoms with Crippen LogP contribution in [-0.2, 0) is 4.79 Å². The SMILES string of the molecule is Cc1ccc(C(=O)N[C@@H](C)C(=O)N2CCCCC2)cc1NC(=O)c1nsc2ccccc12. The Balaban J connectivity index is 1.46. The molecule has 3 amide bonds. The molecule has 0 radical (unpaired) electrons. The van der Waals surface area contributed by atoms with E-state index in [1.165, 1.54) is 11.5 Å². The molecule has 0 saturated carbocycles. The van der Waals surface area contributed by atoms with E-state index >= 15 is 0 Å². The number of likely N-dealkylation sites (tertiary alicyclic amines) is 1. The molecule has 1 fully saturated rings. The zero-order valence-electron chi connectivity index (χ0n) is 18.2. The molecule has 8 heteroatoms. The molecule has 1 aliphatic rings. The largest absolute Gasteiger partial charge is 0.341 e. The molecule has 3 aromatic rings. The lowest BCUT2D eigenvalue weighted by atomic mass is 10.1. The summed E-state index contributed by atoms with van der Waals surface area (Å²) in [6, 6.07) is 12.1. The normalized spacial score (nSPS) is 14.8. The quantitative estimate of drug-likeness (QED) is 0.615. The van der Waals surface area contributed by atoms with Gasteiger partial charge < -0.3 is 15.5 Å². The van der Waals surface area contributed by atoms with Gasteiger partial charge in [-0.2, -0.15) is 4.37 Å². The van der Waals surface area contributed by atoms with Crippen molar-refractivity contribution in [1.29, 1.82) is 0 Å². The van der Waals surface area contributed by atoms with Crippen LogP contribution in [0.3, 0.4) is 0 Å². The van der Waals surface area contributed by atoms with Crippen molar-refractivity contribution in [2.45, 2.75) is 39.2 Å². The molecule has 7 nitrogen and oxygen atoms in total. The van der Waals surface area contributed by atoms with E-state index in [1.54, 1.807) is 25.1 Å². The number of nitrogens with one attached hydrogen (secondary N) is 2. The number of aromatic nitrogens is 1. The molecule has 0 unspecified atom stereocenters. The molecule has 2 heterocycles. The third-order valence-corrected chi connectivity index (χ3v) is 6.55. The van der Waals surface area contributed by atoms with Crippen LogP contribution in [0.1, 0.15) is 52.6 Å². The number of carbonyl (C=O) groups excluding carboxylic acids is 3. The fourth-order valence-corrected chi connectivity index (χ4v) is 4.63. The maximum Gasteiger partial charge on any atom is 0.276 e. The van der Waals surface area contributed by atoms with Crippen molar-refractivity contribution in [1.82, 2.24) is 14.6 Å². The van der Waals surface area contributed by atoms with Gasteiger partial charge in [0.25, 0.3) is 11.8 Å². The van der Waals surface area contributed by atoms with Gasteiger partial charge in [-0.25, -0.2) is 0 Å². The second-order valence-corrected chi connectivity index (χ2v) is 8.90. The first-order chi connectivity index (χ1) is 15.4. The van der Waals surface area contributed by atoms with Crippen molar-refractivity contribution in [3.05, 3.63) is 59.3 Å². The lowest BCUT2D eigenvalue weighted by Crippen LogP contribution is -2.48. The van der Waals surface area contributed by atoms with Gasteiger partial charge in [-0.15, -0.1) is 0 Å². The van der Waals surface area contributed by atoms with Gasteiger partial charge in [-0.05, 0) is 68.4 Å². The van der Waals surface area contributed by atoms with Crippen LogP contribution in [0, 0.1) is 6.92 Å². The predicted octanol–water partition coefficient (Wildman–Crippen LogP) is 3.99. The average molecular weight is 451 g/mol. The maximum absolute atomic E-state index is 12.8. The number of rotatable bonds is 5. The third kappa shape index (κ3) is 4.65. The molecule has 166 valence electrons. The standard InChI is InChI=1S/C24H26N4O3S/c1-15-10-11-17(22(29)25-16(2)24(31)28-12-6-3-7-13-28)14-19(15)26-23(30)21-18-8-4-5-9-20(18)32-27-21/h4-5,8-11,14,16H,3,6-7,12-13H2,1-2H3,(H,25,29)(H,26,30)/t16-/m0/s1. The van der Waals surface area contributed by atoms with Crippen molar-refractivity contribution in [3.63, 3.8) is 0 Å². The topological polar surface area (TPSA) is 91.4 Å². The Bertz CT molecular complexity index is 1170. The summed E-state index contributed by atoms with van der Waals surface area (Å²) in [5.41, 5.74) is 2.11. The minimum Gasteiger partial charge on any atom is -0.341 e. The second kappa shape index (κ2) is 9.48. The van der Waals surface area contributed by atoms with Crippen molar-refractivity contribution in [3.8, 4) is 0 Å². The molecule has 0 bridgehead atoms. The van der Waals surface area contributed by atoms with Crippen molar-refractivity contribution in [2.75, 3.05) is 18.4 Å². The van der Waals surface area contributed by atoms with Crippen molar-refractivity contribution >= 4 is 45.0 Å². The Labute approximate surface area is 191 Å². The number of hydrogen-bond donors (Lipinski definition) is 2. The minimum atomic E-state index is -0.610. The summed E-state index contributed by atoms with van der Waals surface area (Å²) in [5.74, 6) is -0.733. The number of nitrogens with zero attached hydrogens (tertiary/aromatic N) is 2.